The van der Waals surface area contributed by atoms with Crippen LogP contribution in [-0.2, 0) is 4.74 Å². The maximum absolute atomic E-state index is 11.5. The molecule has 0 saturated heterocycles. The molecule has 0 bridgehead atoms. The number of carbonyl (C=O) groups is 1. The van der Waals surface area contributed by atoms with Gasteiger partial charge < -0.3 is 9.64 Å². The highest BCUT2D eigenvalue weighted by molar-refractivity contribution is 7.13. The van der Waals surface area contributed by atoms with Crippen molar-refractivity contribution in [2.24, 2.45) is 11.8 Å². The van der Waals surface area contributed by atoms with Gasteiger partial charge in [0.25, 0.3) is 0 Å². The Morgan fingerprint density at radius 1 is 1.25 bits per heavy atom. The molecule has 0 aliphatic heterocycles. The minimum atomic E-state index is -0.361. The van der Waals surface area contributed by atoms with E-state index < -0.39 is 0 Å². The van der Waals surface area contributed by atoms with Crippen LogP contribution in [0, 0.1) is 11.8 Å². The van der Waals surface area contributed by atoms with Crippen molar-refractivity contribution in [2.75, 3.05) is 25.1 Å². The van der Waals surface area contributed by atoms with Crippen LogP contribution in [0.2, 0.25) is 0 Å². The van der Waals surface area contributed by atoms with Gasteiger partial charge >= 0.3 is 5.97 Å². The first-order valence-electron chi connectivity index (χ1n) is 7.22. The third-order valence-corrected chi connectivity index (χ3v) is 4.01. The fraction of sp³-hybridized carbons (Fsp3) is 0.733. The lowest BCUT2D eigenvalue weighted by atomic mass is 10.1. The number of rotatable bonds is 8. The Morgan fingerprint density at radius 3 is 2.25 bits per heavy atom. The minimum Gasteiger partial charge on any atom is -0.464 e. The Kier molecular flexibility index (Phi) is 6.99. The van der Waals surface area contributed by atoms with Gasteiger partial charge in [-0.2, -0.15) is 0 Å². The predicted octanol–water partition coefficient (Wildman–Crippen LogP) is 3.83. The number of nitrogens with zero attached hydrogens (tertiary/aromatic N) is 2. The largest absolute Gasteiger partial charge is 0.464 e. The van der Waals surface area contributed by atoms with Crippen LogP contribution in [0.25, 0.3) is 0 Å². The lowest BCUT2D eigenvalue weighted by Crippen LogP contribution is -2.27. The summed E-state index contributed by atoms with van der Waals surface area (Å²) >= 11 is 1.52. The summed E-state index contributed by atoms with van der Waals surface area (Å²) in [6, 6.07) is 0. The SMILES string of the molecule is COC(=O)c1csc(N(CCC(C)C)CCC(C)C)n1. The molecular formula is C15H26N2O2S. The molecule has 0 aliphatic carbocycles. The normalized spacial score (nSPS) is 11.2. The highest BCUT2D eigenvalue weighted by Gasteiger charge is 2.16. The van der Waals surface area contributed by atoms with Gasteiger partial charge in [0.05, 0.1) is 7.11 Å². The summed E-state index contributed by atoms with van der Waals surface area (Å²) in [5.74, 6) is 0.966. The van der Waals surface area contributed by atoms with Crippen molar-refractivity contribution in [3.63, 3.8) is 0 Å². The van der Waals surface area contributed by atoms with Crippen molar-refractivity contribution in [1.29, 1.82) is 0 Å². The molecule has 1 aromatic heterocycles. The van der Waals surface area contributed by atoms with Crippen LogP contribution in [0.1, 0.15) is 51.0 Å². The van der Waals surface area contributed by atoms with E-state index in [9.17, 15) is 4.79 Å². The van der Waals surface area contributed by atoms with Crippen molar-refractivity contribution in [2.45, 2.75) is 40.5 Å². The van der Waals surface area contributed by atoms with Gasteiger partial charge in [-0.25, -0.2) is 9.78 Å². The number of thiazole rings is 1. The molecule has 0 atom stereocenters. The van der Waals surface area contributed by atoms with Gasteiger partial charge in [0, 0.05) is 18.5 Å². The third kappa shape index (κ3) is 5.49. The minimum absolute atomic E-state index is 0.361. The van der Waals surface area contributed by atoms with Gasteiger partial charge in [0.2, 0.25) is 0 Å². The maximum atomic E-state index is 11.5. The molecule has 0 amide bonds. The maximum Gasteiger partial charge on any atom is 0.357 e. The van der Waals surface area contributed by atoms with E-state index in [0.29, 0.717) is 17.5 Å². The molecule has 0 spiro atoms. The molecule has 1 heterocycles. The summed E-state index contributed by atoms with van der Waals surface area (Å²) in [5.41, 5.74) is 0.409. The number of methoxy groups -OCH3 is 1. The Morgan fingerprint density at radius 2 is 1.80 bits per heavy atom. The van der Waals surface area contributed by atoms with E-state index in [0.717, 1.165) is 31.1 Å². The van der Waals surface area contributed by atoms with Crippen LogP contribution in [0.4, 0.5) is 5.13 Å². The molecule has 0 radical (unpaired) electrons. The van der Waals surface area contributed by atoms with E-state index in [1.807, 2.05) is 0 Å². The molecule has 1 rings (SSSR count). The smallest absolute Gasteiger partial charge is 0.357 e. The van der Waals surface area contributed by atoms with Gasteiger partial charge in [-0.3, -0.25) is 0 Å². The van der Waals surface area contributed by atoms with Crippen LogP contribution >= 0.6 is 11.3 Å². The first kappa shape index (κ1) is 17.0. The second-order valence-corrected chi connectivity index (χ2v) is 6.70. The summed E-state index contributed by atoms with van der Waals surface area (Å²) < 4.78 is 4.71. The zero-order chi connectivity index (χ0) is 15.1. The van der Waals surface area contributed by atoms with E-state index in [-0.39, 0.29) is 5.97 Å². The molecule has 0 saturated carbocycles. The Balaban J connectivity index is 2.74. The standard InChI is InChI=1S/C15H26N2O2S/c1-11(2)6-8-17(9-7-12(3)4)15-16-13(10-20-15)14(18)19-5/h10-12H,6-9H2,1-5H3. The quantitative estimate of drug-likeness (QED) is 0.684. The van der Waals surface area contributed by atoms with Crippen molar-refractivity contribution < 1.29 is 9.53 Å². The summed E-state index contributed by atoms with van der Waals surface area (Å²) in [6.45, 7) is 10.9. The van der Waals surface area contributed by atoms with Crippen molar-refractivity contribution in [3.8, 4) is 0 Å². The molecule has 4 nitrogen and oxygen atoms in total. The van der Waals surface area contributed by atoms with Gasteiger partial charge in [-0.1, -0.05) is 27.7 Å². The predicted molar refractivity (Wildman–Crippen MR) is 84.6 cm³/mol. The Bertz CT molecular complexity index is 404. The molecule has 5 heteroatoms. The number of anilines is 1. The van der Waals surface area contributed by atoms with Gasteiger partial charge in [0.1, 0.15) is 0 Å². The summed E-state index contributed by atoms with van der Waals surface area (Å²) in [6.07, 6.45) is 2.26. The zero-order valence-electron chi connectivity index (χ0n) is 13.2. The van der Waals surface area contributed by atoms with E-state index in [2.05, 4.69) is 37.6 Å². The van der Waals surface area contributed by atoms with Crippen molar-refractivity contribution in [1.82, 2.24) is 4.98 Å². The lowest BCUT2D eigenvalue weighted by Gasteiger charge is -2.23. The van der Waals surface area contributed by atoms with Gasteiger partial charge in [-0.15, -0.1) is 11.3 Å². The summed E-state index contributed by atoms with van der Waals surface area (Å²) in [7, 11) is 1.39. The van der Waals surface area contributed by atoms with Crippen molar-refractivity contribution >= 4 is 22.4 Å². The summed E-state index contributed by atoms with van der Waals surface area (Å²) in [4.78, 5) is 18.2. The van der Waals surface area contributed by atoms with E-state index in [4.69, 9.17) is 4.74 Å². The van der Waals surface area contributed by atoms with Crippen LogP contribution in [-0.4, -0.2) is 31.2 Å². The number of ether oxygens (including phenoxy) is 1. The first-order valence-corrected chi connectivity index (χ1v) is 8.10. The molecule has 0 N–H and O–H groups in total. The second kappa shape index (κ2) is 8.25. The first-order chi connectivity index (χ1) is 9.43. The number of carbonyl (C=O) groups excluding carboxylic acids is 1. The topological polar surface area (TPSA) is 42.4 Å². The molecular weight excluding hydrogens is 272 g/mol. The third-order valence-electron chi connectivity index (χ3n) is 3.11. The fourth-order valence-corrected chi connectivity index (χ4v) is 2.59. The Hall–Kier alpha value is -1.10. The van der Waals surface area contributed by atoms with Crippen LogP contribution < -0.4 is 4.90 Å². The number of hydrogen-bond donors (Lipinski definition) is 0. The van der Waals surface area contributed by atoms with Crippen LogP contribution in [0.15, 0.2) is 5.38 Å². The average Bonchev–Trinajstić information content (AvgIpc) is 2.86. The molecule has 1 aromatic rings. The molecule has 0 unspecified atom stereocenters. The fourth-order valence-electron chi connectivity index (χ4n) is 1.74. The number of aromatic nitrogens is 1. The summed E-state index contributed by atoms with van der Waals surface area (Å²) in [5, 5.41) is 2.70. The Labute approximate surface area is 126 Å². The highest BCUT2D eigenvalue weighted by Crippen LogP contribution is 2.23. The van der Waals surface area contributed by atoms with Crippen molar-refractivity contribution in [3.05, 3.63) is 11.1 Å². The number of esters is 1. The molecule has 114 valence electrons. The molecule has 20 heavy (non-hydrogen) atoms. The molecule has 0 fully saturated rings. The van der Waals surface area contributed by atoms with E-state index in [1.165, 1.54) is 18.4 Å². The molecule has 0 aromatic carbocycles. The number of hydrogen-bond acceptors (Lipinski definition) is 5. The van der Waals surface area contributed by atoms with Crippen LogP contribution in [0.3, 0.4) is 0 Å². The van der Waals surface area contributed by atoms with Gasteiger partial charge in [0.15, 0.2) is 10.8 Å². The monoisotopic (exact) mass is 298 g/mol. The molecule has 0 aliphatic rings. The van der Waals surface area contributed by atoms with E-state index in [1.54, 1.807) is 5.38 Å². The average molecular weight is 298 g/mol. The van der Waals surface area contributed by atoms with Gasteiger partial charge in [-0.05, 0) is 24.7 Å². The second-order valence-electron chi connectivity index (χ2n) is 5.86. The van der Waals surface area contributed by atoms with Crippen LogP contribution in [0.5, 0.6) is 0 Å². The zero-order valence-corrected chi connectivity index (χ0v) is 14.0. The van der Waals surface area contributed by atoms with E-state index >= 15 is 0 Å². The lowest BCUT2D eigenvalue weighted by molar-refractivity contribution is 0.0595. The highest BCUT2D eigenvalue weighted by atomic mass is 32.1.